The molecule has 3 aromatic rings. The van der Waals surface area contributed by atoms with Crippen molar-refractivity contribution in [1.29, 1.82) is 0 Å². The number of carboxylic acid groups (broad SMARTS) is 1. The second-order valence-electron chi connectivity index (χ2n) is 6.05. The minimum absolute atomic E-state index is 0.173. The number of carboxylic acids is 1. The normalized spacial score (nSPS) is 10.9. The fourth-order valence-electron chi connectivity index (χ4n) is 2.87. The van der Waals surface area contributed by atoms with Crippen molar-refractivity contribution in [1.82, 2.24) is 0 Å². The standard InChI is InChI=1S/C20H17BrO5/c1-11-15-6-7-17(25-10-13-4-3-5-14(21)8-13)12(2)19(15)26-20(24)16(11)9-18(22)23/h3-8H,9-10H2,1-2H3,(H,22,23). The highest BCUT2D eigenvalue weighted by Crippen LogP contribution is 2.30. The molecule has 0 saturated carbocycles. The van der Waals surface area contributed by atoms with E-state index in [-0.39, 0.29) is 12.0 Å². The van der Waals surface area contributed by atoms with Crippen LogP contribution in [0.4, 0.5) is 0 Å². The lowest BCUT2D eigenvalue weighted by atomic mass is 10.0. The molecule has 0 fully saturated rings. The summed E-state index contributed by atoms with van der Waals surface area (Å²) in [6, 6.07) is 11.4. The maximum absolute atomic E-state index is 12.2. The van der Waals surface area contributed by atoms with Crippen molar-refractivity contribution in [2.45, 2.75) is 26.9 Å². The first-order valence-electron chi connectivity index (χ1n) is 8.01. The van der Waals surface area contributed by atoms with E-state index in [0.29, 0.717) is 34.5 Å². The largest absolute Gasteiger partial charge is 0.488 e. The number of aryl methyl sites for hydroxylation is 2. The molecule has 1 aromatic heterocycles. The van der Waals surface area contributed by atoms with Crippen LogP contribution in [0.1, 0.15) is 22.3 Å². The molecule has 0 aliphatic heterocycles. The van der Waals surface area contributed by atoms with Crippen LogP contribution in [0.5, 0.6) is 5.75 Å². The number of fused-ring (bicyclic) bond motifs is 1. The van der Waals surface area contributed by atoms with E-state index in [4.69, 9.17) is 14.3 Å². The van der Waals surface area contributed by atoms with Crippen LogP contribution in [-0.4, -0.2) is 11.1 Å². The van der Waals surface area contributed by atoms with Crippen molar-refractivity contribution < 1.29 is 19.1 Å². The predicted octanol–water partition coefficient (Wildman–Crippen LogP) is 4.38. The molecule has 134 valence electrons. The van der Waals surface area contributed by atoms with Crippen LogP contribution < -0.4 is 10.4 Å². The van der Waals surface area contributed by atoms with Gasteiger partial charge in [-0.1, -0.05) is 28.1 Å². The SMILES string of the molecule is Cc1c(CC(=O)O)c(=O)oc2c(C)c(OCc3cccc(Br)c3)ccc12. The third kappa shape index (κ3) is 3.65. The van der Waals surface area contributed by atoms with Crippen LogP contribution in [0, 0.1) is 13.8 Å². The number of hydrogen-bond acceptors (Lipinski definition) is 4. The van der Waals surface area contributed by atoms with Crippen LogP contribution in [0.2, 0.25) is 0 Å². The number of carbonyl (C=O) groups is 1. The lowest BCUT2D eigenvalue weighted by Gasteiger charge is -2.13. The summed E-state index contributed by atoms with van der Waals surface area (Å²) in [5, 5.41) is 9.70. The molecule has 0 atom stereocenters. The van der Waals surface area contributed by atoms with Crippen LogP contribution >= 0.6 is 15.9 Å². The van der Waals surface area contributed by atoms with Crippen molar-refractivity contribution in [2.75, 3.05) is 0 Å². The van der Waals surface area contributed by atoms with Gasteiger partial charge in [-0.25, -0.2) is 4.79 Å². The van der Waals surface area contributed by atoms with Crippen LogP contribution in [-0.2, 0) is 17.8 Å². The van der Waals surface area contributed by atoms with Crippen molar-refractivity contribution in [3.8, 4) is 5.75 Å². The first-order valence-corrected chi connectivity index (χ1v) is 8.81. The summed E-state index contributed by atoms with van der Waals surface area (Å²) < 4.78 is 12.3. The smallest absolute Gasteiger partial charge is 0.340 e. The van der Waals surface area contributed by atoms with Gasteiger partial charge >= 0.3 is 11.6 Å². The van der Waals surface area contributed by atoms with E-state index in [1.165, 1.54) is 0 Å². The van der Waals surface area contributed by atoms with Gasteiger partial charge in [-0.15, -0.1) is 0 Å². The molecule has 0 aliphatic carbocycles. The van der Waals surface area contributed by atoms with Gasteiger partial charge in [0.1, 0.15) is 17.9 Å². The highest BCUT2D eigenvalue weighted by Gasteiger charge is 2.17. The van der Waals surface area contributed by atoms with Crippen molar-refractivity contribution in [2.24, 2.45) is 0 Å². The van der Waals surface area contributed by atoms with E-state index >= 15 is 0 Å². The molecular formula is C20H17BrO5. The quantitative estimate of drug-likeness (QED) is 0.624. The Morgan fingerprint density at radius 3 is 2.65 bits per heavy atom. The monoisotopic (exact) mass is 416 g/mol. The molecular weight excluding hydrogens is 400 g/mol. The first-order chi connectivity index (χ1) is 12.4. The molecule has 0 aliphatic rings. The molecule has 0 bridgehead atoms. The zero-order chi connectivity index (χ0) is 18.8. The Balaban J connectivity index is 1.98. The van der Waals surface area contributed by atoms with Crippen molar-refractivity contribution in [3.63, 3.8) is 0 Å². The van der Waals surface area contributed by atoms with Crippen LogP contribution in [0.15, 0.2) is 50.1 Å². The topological polar surface area (TPSA) is 76.7 Å². The average molecular weight is 417 g/mol. The summed E-state index contributed by atoms with van der Waals surface area (Å²) >= 11 is 3.43. The first kappa shape index (κ1) is 18.2. The molecule has 6 heteroatoms. The molecule has 0 amide bonds. The summed E-state index contributed by atoms with van der Waals surface area (Å²) in [7, 11) is 0. The lowest BCUT2D eigenvalue weighted by molar-refractivity contribution is -0.136. The highest BCUT2D eigenvalue weighted by atomic mass is 79.9. The van der Waals surface area contributed by atoms with Gasteiger partial charge in [0.2, 0.25) is 0 Å². The number of aliphatic carboxylic acids is 1. The van der Waals surface area contributed by atoms with Gasteiger partial charge in [0.05, 0.1) is 12.0 Å². The Morgan fingerprint density at radius 1 is 1.19 bits per heavy atom. The Morgan fingerprint density at radius 2 is 1.96 bits per heavy atom. The predicted molar refractivity (Wildman–Crippen MR) is 102 cm³/mol. The minimum atomic E-state index is -1.06. The number of benzene rings is 2. The van der Waals surface area contributed by atoms with Gasteiger partial charge in [-0.3, -0.25) is 4.79 Å². The Hall–Kier alpha value is -2.60. The van der Waals surface area contributed by atoms with Crippen LogP contribution in [0.25, 0.3) is 11.0 Å². The van der Waals surface area contributed by atoms with Crippen LogP contribution in [0.3, 0.4) is 0 Å². The second kappa shape index (κ2) is 7.33. The fraction of sp³-hybridized carbons (Fsp3) is 0.200. The van der Waals surface area contributed by atoms with E-state index in [9.17, 15) is 9.59 Å². The molecule has 0 spiro atoms. The van der Waals surface area contributed by atoms with E-state index in [2.05, 4.69) is 15.9 Å². The number of rotatable bonds is 5. The minimum Gasteiger partial charge on any atom is -0.488 e. The molecule has 1 N–H and O–H groups in total. The Labute approximate surface area is 158 Å². The molecule has 0 saturated heterocycles. The van der Waals surface area contributed by atoms with E-state index in [0.717, 1.165) is 10.0 Å². The summed E-state index contributed by atoms with van der Waals surface area (Å²) in [6.45, 7) is 3.93. The number of halogens is 1. The molecule has 2 aromatic carbocycles. The molecule has 0 radical (unpaired) electrons. The van der Waals surface area contributed by atoms with Crippen molar-refractivity contribution >= 4 is 32.9 Å². The van der Waals surface area contributed by atoms with E-state index in [1.54, 1.807) is 13.0 Å². The highest BCUT2D eigenvalue weighted by molar-refractivity contribution is 9.10. The Bertz CT molecular complexity index is 1050. The lowest BCUT2D eigenvalue weighted by Crippen LogP contribution is -2.15. The molecule has 0 unspecified atom stereocenters. The summed E-state index contributed by atoms with van der Waals surface area (Å²) in [4.78, 5) is 23.2. The molecule has 1 heterocycles. The zero-order valence-corrected chi connectivity index (χ0v) is 15.9. The van der Waals surface area contributed by atoms with Gasteiger partial charge in [0.25, 0.3) is 0 Å². The van der Waals surface area contributed by atoms with Gasteiger partial charge in [-0.05, 0) is 49.2 Å². The van der Waals surface area contributed by atoms with Gasteiger partial charge in [0.15, 0.2) is 0 Å². The maximum atomic E-state index is 12.2. The summed E-state index contributed by atoms with van der Waals surface area (Å²) in [6.07, 6.45) is -0.357. The summed E-state index contributed by atoms with van der Waals surface area (Å²) in [5.41, 5.74) is 2.32. The van der Waals surface area contributed by atoms with Crippen molar-refractivity contribution in [3.05, 3.63) is 73.5 Å². The Kier molecular flexibility index (Phi) is 5.13. The van der Waals surface area contributed by atoms with Gasteiger partial charge < -0.3 is 14.3 Å². The average Bonchev–Trinajstić information content (AvgIpc) is 2.58. The zero-order valence-electron chi connectivity index (χ0n) is 14.3. The van der Waals surface area contributed by atoms with E-state index in [1.807, 2.05) is 37.3 Å². The third-order valence-electron chi connectivity index (χ3n) is 4.27. The van der Waals surface area contributed by atoms with E-state index < -0.39 is 11.6 Å². The van der Waals surface area contributed by atoms with Gasteiger partial charge in [-0.2, -0.15) is 0 Å². The number of ether oxygens (including phenoxy) is 1. The summed E-state index contributed by atoms with van der Waals surface area (Å²) in [5.74, 6) is -0.448. The molecule has 3 rings (SSSR count). The second-order valence-corrected chi connectivity index (χ2v) is 6.96. The molecule has 5 nitrogen and oxygen atoms in total. The molecule has 26 heavy (non-hydrogen) atoms. The fourth-order valence-corrected chi connectivity index (χ4v) is 3.32. The number of hydrogen-bond donors (Lipinski definition) is 1. The maximum Gasteiger partial charge on any atom is 0.340 e. The van der Waals surface area contributed by atoms with Gasteiger partial charge in [0, 0.05) is 15.4 Å². The third-order valence-corrected chi connectivity index (χ3v) is 4.76.